The van der Waals surface area contributed by atoms with E-state index in [0.717, 1.165) is 0 Å². The number of amides is 2. The molecule has 1 N–H and O–H groups in total. The molecule has 0 bridgehead atoms. The molecule has 2 amide bonds. The highest BCUT2D eigenvalue weighted by atomic mass is 79.9. The van der Waals surface area contributed by atoms with Gasteiger partial charge < -0.3 is 15.0 Å². The Morgan fingerprint density at radius 2 is 2.04 bits per heavy atom. The van der Waals surface area contributed by atoms with Crippen molar-refractivity contribution in [3.8, 4) is 0 Å². The highest BCUT2D eigenvalue weighted by Gasteiger charge is 2.42. The van der Waals surface area contributed by atoms with E-state index >= 15 is 0 Å². The van der Waals surface area contributed by atoms with Gasteiger partial charge in [-0.15, -0.1) is 11.6 Å². The molecule has 1 aliphatic heterocycles. The molecule has 1 aliphatic rings. The van der Waals surface area contributed by atoms with E-state index in [1.165, 1.54) is 29.2 Å². The number of nitro groups is 1. The fourth-order valence-electron chi connectivity index (χ4n) is 2.48. The molecule has 0 aliphatic carbocycles. The monoisotopic (exact) mass is 473 g/mol. The van der Waals surface area contributed by atoms with Crippen LogP contribution in [0.3, 0.4) is 0 Å². The molecule has 1 unspecified atom stereocenters. The first-order valence-corrected chi connectivity index (χ1v) is 9.77. The van der Waals surface area contributed by atoms with Crippen LogP contribution in [0.25, 0.3) is 0 Å². The van der Waals surface area contributed by atoms with Gasteiger partial charge in [0.15, 0.2) is 0 Å². The predicted octanol–water partition coefficient (Wildman–Crippen LogP) is 1.87. The number of alkyl halides is 2. The number of hydrogen-bond donors (Lipinski definition) is 1. The molecule has 1 fully saturated rings. The number of nitrogens with one attached hydrogen (secondary N) is 1. The molecule has 1 aromatic carbocycles. The van der Waals surface area contributed by atoms with Gasteiger partial charge in [-0.3, -0.25) is 19.7 Å². The highest BCUT2D eigenvalue weighted by molar-refractivity contribution is 9.09. The number of nitro benzene ring substituents is 1. The van der Waals surface area contributed by atoms with Gasteiger partial charge in [0, 0.05) is 17.5 Å². The minimum atomic E-state index is -0.730. The van der Waals surface area contributed by atoms with Crippen molar-refractivity contribution in [3.63, 3.8) is 0 Å². The Morgan fingerprint density at radius 1 is 1.39 bits per heavy atom. The van der Waals surface area contributed by atoms with Crippen molar-refractivity contribution in [2.24, 2.45) is 0 Å². The number of hydrogen-bond acceptors (Lipinski definition) is 6. The van der Waals surface area contributed by atoms with E-state index in [2.05, 4.69) is 21.2 Å². The topological polar surface area (TPSA) is 119 Å². The number of carbonyl (C=O) groups excluding carboxylic acids is 3. The van der Waals surface area contributed by atoms with Gasteiger partial charge >= 0.3 is 5.97 Å². The molecule has 0 radical (unpaired) electrons. The second-order valence-corrected chi connectivity index (χ2v) is 6.79. The van der Waals surface area contributed by atoms with E-state index in [4.69, 9.17) is 16.3 Å². The maximum Gasteiger partial charge on any atom is 0.355 e. The first-order valence-electron chi connectivity index (χ1n) is 8.11. The molecule has 1 aromatic rings. The standard InChI is InChI=1S/C17H17BrClN3O6/c1-10(6-18)15(21-8-13(16(21)24)20-14(23)7-19)17(25)28-9-11-2-4-12(5-3-11)22(26)27/h2-5,13H,6-9H2,1H3,(H,20,23). The Labute approximate surface area is 173 Å². The number of esters is 1. The third-order valence-electron chi connectivity index (χ3n) is 3.97. The van der Waals surface area contributed by atoms with Gasteiger partial charge in [0.1, 0.15) is 24.2 Å². The number of allylic oxidation sites excluding steroid dienone is 1. The third-order valence-corrected chi connectivity index (χ3v) is 5.05. The summed E-state index contributed by atoms with van der Waals surface area (Å²) in [5.41, 5.74) is 1.18. The van der Waals surface area contributed by atoms with Crippen molar-refractivity contribution in [1.29, 1.82) is 0 Å². The molecule has 11 heteroatoms. The zero-order valence-electron chi connectivity index (χ0n) is 14.8. The number of nitrogens with zero attached hydrogens (tertiary/aromatic N) is 2. The summed E-state index contributed by atoms with van der Waals surface area (Å²) in [5, 5.41) is 13.5. The van der Waals surface area contributed by atoms with Crippen LogP contribution in [-0.2, 0) is 25.7 Å². The minimum absolute atomic E-state index is 0.0676. The van der Waals surface area contributed by atoms with Crippen LogP contribution in [0.2, 0.25) is 0 Å². The summed E-state index contributed by atoms with van der Waals surface area (Å²) < 4.78 is 5.27. The summed E-state index contributed by atoms with van der Waals surface area (Å²) in [5.74, 6) is -1.86. The number of β-lactam (4-membered cyclic amide) rings is 1. The summed E-state index contributed by atoms with van der Waals surface area (Å²) >= 11 is 8.66. The van der Waals surface area contributed by atoms with Gasteiger partial charge in [-0.2, -0.15) is 0 Å². The summed E-state index contributed by atoms with van der Waals surface area (Å²) in [7, 11) is 0. The first kappa shape index (κ1) is 21.8. The first-order chi connectivity index (χ1) is 13.3. The van der Waals surface area contributed by atoms with Crippen LogP contribution in [0.4, 0.5) is 5.69 Å². The molecule has 1 atom stereocenters. The van der Waals surface area contributed by atoms with Crippen molar-refractivity contribution in [2.45, 2.75) is 19.6 Å². The molecule has 0 spiro atoms. The van der Waals surface area contributed by atoms with Crippen LogP contribution in [0.1, 0.15) is 12.5 Å². The summed E-state index contributed by atoms with van der Waals surface area (Å²) in [6, 6.07) is 4.86. The fraction of sp³-hybridized carbons (Fsp3) is 0.353. The largest absolute Gasteiger partial charge is 0.456 e. The van der Waals surface area contributed by atoms with Gasteiger partial charge in [0.2, 0.25) is 5.91 Å². The molecule has 9 nitrogen and oxygen atoms in total. The number of non-ortho nitro benzene ring substituents is 1. The van der Waals surface area contributed by atoms with Crippen LogP contribution >= 0.6 is 27.5 Å². The average Bonchev–Trinajstić information content (AvgIpc) is 2.70. The SMILES string of the molecule is CC(CBr)=C(C(=O)OCc1ccc([N+](=O)[O-])cc1)N1CC(NC(=O)CCl)C1=O. The highest BCUT2D eigenvalue weighted by Crippen LogP contribution is 2.23. The van der Waals surface area contributed by atoms with Gasteiger partial charge in [0.25, 0.3) is 11.6 Å². The average molecular weight is 475 g/mol. The van der Waals surface area contributed by atoms with E-state index in [0.29, 0.717) is 16.5 Å². The van der Waals surface area contributed by atoms with Crippen molar-refractivity contribution in [3.05, 3.63) is 51.2 Å². The minimum Gasteiger partial charge on any atom is -0.456 e. The molecular weight excluding hydrogens is 458 g/mol. The van der Waals surface area contributed by atoms with E-state index < -0.39 is 28.7 Å². The Morgan fingerprint density at radius 3 is 2.54 bits per heavy atom. The second kappa shape index (κ2) is 9.65. The van der Waals surface area contributed by atoms with E-state index in [1.54, 1.807) is 6.92 Å². The van der Waals surface area contributed by atoms with Crippen LogP contribution in [0.15, 0.2) is 35.5 Å². The quantitative estimate of drug-likeness (QED) is 0.153. The lowest BCUT2D eigenvalue weighted by molar-refractivity contribution is -0.384. The number of likely N-dealkylation sites (tertiary alicyclic amines) is 1. The Balaban J connectivity index is 2.04. The van der Waals surface area contributed by atoms with Crippen molar-refractivity contribution in [1.82, 2.24) is 10.2 Å². The molecule has 0 saturated carbocycles. The zero-order valence-corrected chi connectivity index (χ0v) is 17.2. The molecule has 1 heterocycles. The van der Waals surface area contributed by atoms with Gasteiger partial charge in [-0.1, -0.05) is 15.9 Å². The van der Waals surface area contributed by atoms with Crippen molar-refractivity contribution >= 4 is 51.0 Å². The maximum atomic E-state index is 12.5. The Hall–Kier alpha value is -2.46. The van der Waals surface area contributed by atoms with Gasteiger partial charge in [-0.05, 0) is 30.2 Å². The lowest BCUT2D eigenvalue weighted by Crippen LogP contribution is -2.64. The number of benzene rings is 1. The second-order valence-electron chi connectivity index (χ2n) is 5.96. The molecule has 28 heavy (non-hydrogen) atoms. The molecule has 1 saturated heterocycles. The Bertz CT molecular complexity index is 827. The third kappa shape index (κ3) is 5.08. The maximum absolute atomic E-state index is 12.5. The summed E-state index contributed by atoms with van der Waals surface area (Å²) in [6.07, 6.45) is 0. The van der Waals surface area contributed by atoms with Crippen molar-refractivity contribution < 1.29 is 24.0 Å². The number of ether oxygens (including phenoxy) is 1. The van der Waals surface area contributed by atoms with Gasteiger partial charge in [0.05, 0.1) is 11.5 Å². The zero-order chi connectivity index (χ0) is 20.8. The molecule has 150 valence electrons. The lowest BCUT2D eigenvalue weighted by atomic mass is 10.0. The lowest BCUT2D eigenvalue weighted by Gasteiger charge is -2.39. The predicted molar refractivity (Wildman–Crippen MR) is 104 cm³/mol. The summed E-state index contributed by atoms with van der Waals surface area (Å²) in [6.45, 7) is 1.70. The number of carbonyl (C=O) groups is 3. The summed E-state index contributed by atoms with van der Waals surface area (Å²) in [4.78, 5) is 47.6. The number of halogens is 2. The molecular formula is C17H17BrClN3O6. The molecule has 2 rings (SSSR count). The number of rotatable bonds is 8. The van der Waals surface area contributed by atoms with Crippen LogP contribution in [0.5, 0.6) is 0 Å². The van der Waals surface area contributed by atoms with Crippen molar-refractivity contribution in [2.75, 3.05) is 17.8 Å². The van der Waals surface area contributed by atoms with E-state index in [-0.39, 0.29) is 30.4 Å². The van der Waals surface area contributed by atoms with Crippen LogP contribution in [-0.4, -0.2) is 51.4 Å². The smallest absolute Gasteiger partial charge is 0.355 e. The van der Waals surface area contributed by atoms with Crippen LogP contribution in [0, 0.1) is 10.1 Å². The van der Waals surface area contributed by atoms with E-state index in [1.807, 2.05) is 0 Å². The van der Waals surface area contributed by atoms with Crippen LogP contribution < -0.4 is 5.32 Å². The fourth-order valence-corrected chi connectivity index (χ4v) is 2.82. The molecule has 0 aromatic heterocycles. The Kier molecular flexibility index (Phi) is 7.53. The van der Waals surface area contributed by atoms with Gasteiger partial charge in [-0.25, -0.2) is 4.79 Å². The van der Waals surface area contributed by atoms with E-state index in [9.17, 15) is 24.5 Å². The normalized spacial score (nSPS) is 16.8.